The number of aliphatic hydroxyl groups is 2. The van der Waals surface area contributed by atoms with Gasteiger partial charge in [-0.1, -0.05) is 13.8 Å². The molecule has 0 aliphatic carbocycles. The van der Waals surface area contributed by atoms with E-state index in [1.54, 1.807) is 0 Å². The summed E-state index contributed by atoms with van der Waals surface area (Å²) in [7, 11) is 0. The first-order chi connectivity index (χ1) is 10.2. The maximum absolute atomic E-state index is 9.60. The van der Waals surface area contributed by atoms with Gasteiger partial charge in [-0.3, -0.25) is 4.90 Å². The molecule has 1 aliphatic rings. The topological polar surface area (TPSA) is 72.7 Å². The summed E-state index contributed by atoms with van der Waals surface area (Å²) in [6.45, 7) is 8.68. The van der Waals surface area contributed by atoms with Gasteiger partial charge >= 0.3 is 0 Å². The molecule has 21 heavy (non-hydrogen) atoms. The molecule has 1 saturated heterocycles. The highest BCUT2D eigenvalue weighted by atomic mass is 16.3. The molecule has 0 unspecified atom stereocenters. The third-order valence-corrected chi connectivity index (χ3v) is 3.88. The average Bonchev–Trinajstić information content (AvgIpc) is 2.72. The Kier molecular flexibility index (Phi) is 5.90. The number of anilines is 1. The summed E-state index contributed by atoms with van der Waals surface area (Å²) >= 11 is 0. The van der Waals surface area contributed by atoms with Crippen LogP contribution in [-0.4, -0.2) is 64.4 Å². The van der Waals surface area contributed by atoms with Crippen molar-refractivity contribution in [2.75, 3.05) is 44.2 Å². The van der Waals surface area contributed by atoms with E-state index in [9.17, 15) is 5.11 Å². The molecule has 6 heteroatoms. The van der Waals surface area contributed by atoms with Gasteiger partial charge in [0.25, 0.3) is 0 Å². The second-order valence-corrected chi connectivity index (χ2v) is 5.78. The van der Waals surface area contributed by atoms with E-state index in [0.717, 1.165) is 50.7 Å². The molecule has 118 valence electrons. The van der Waals surface area contributed by atoms with Crippen LogP contribution in [0.5, 0.6) is 0 Å². The fourth-order valence-corrected chi connectivity index (χ4v) is 2.66. The van der Waals surface area contributed by atoms with Crippen LogP contribution in [0, 0.1) is 0 Å². The monoisotopic (exact) mass is 294 g/mol. The number of aliphatic hydroxyl groups excluding tert-OH is 2. The van der Waals surface area contributed by atoms with Crippen LogP contribution in [0.2, 0.25) is 0 Å². The summed E-state index contributed by atoms with van der Waals surface area (Å²) in [5, 5.41) is 18.7. The fourth-order valence-electron chi connectivity index (χ4n) is 2.66. The van der Waals surface area contributed by atoms with E-state index in [1.165, 1.54) is 0 Å². The lowest BCUT2D eigenvalue weighted by atomic mass is 10.2. The Morgan fingerprint density at radius 1 is 1.19 bits per heavy atom. The molecule has 1 aromatic heterocycles. The van der Waals surface area contributed by atoms with Gasteiger partial charge in [-0.05, 0) is 13.0 Å². The van der Waals surface area contributed by atoms with Gasteiger partial charge in [0, 0.05) is 32.1 Å². The van der Waals surface area contributed by atoms with Gasteiger partial charge in [0.15, 0.2) is 0 Å². The zero-order valence-electron chi connectivity index (χ0n) is 13.0. The van der Waals surface area contributed by atoms with Gasteiger partial charge in [-0.15, -0.1) is 0 Å². The lowest BCUT2D eigenvalue weighted by Gasteiger charge is -2.25. The van der Waals surface area contributed by atoms with Gasteiger partial charge in [-0.2, -0.15) is 0 Å². The normalized spacial score (nSPS) is 17.3. The van der Waals surface area contributed by atoms with E-state index in [4.69, 9.17) is 5.11 Å². The Balaban J connectivity index is 2.13. The first kappa shape index (κ1) is 16.1. The number of rotatable bonds is 5. The third kappa shape index (κ3) is 4.12. The molecule has 0 radical (unpaired) electrons. The Hall–Kier alpha value is -1.24. The quantitative estimate of drug-likeness (QED) is 0.828. The van der Waals surface area contributed by atoms with Crippen molar-refractivity contribution < 1.29 is 10.2 Å². The van der Waals surface area contributed by atoms with Gasteiger partial charge in [-0.25, -0.2) is 9.97 Å². The molecule has 0 bridgehead atoms. The third-order valence-electron chi connectivity index (χ3n) is 3.88. The number of hydrogen-bond acceptors (Lipinski definition) is 6. The van der Waals surface area contributed by atoms with Gasteiger partial charge < -0.3 is 15.1 Å². The molecular formula is C15H26N4O2. The largest absolute Gasteiger partial charge is 0.395 e. The Labute approximate surface area is 126 Å². The highest BCUT2D eigenvalue weighted by Crippen LogP contribution is 2.22. The van der Waals surface area contributed by atoms with E-state index in [-0.39, 0.29) is 19.1 Å². The molecular weight excluding hydrogens is 268 g/mol. The van der Waals surface area contributed by atoms with Crippen molar-refractivity contribution in [1.29, 1.82) is 0 Å². The van der Waals surface area contributed by atoms with Crippen LogP contribution in [0.25, 0.3) is 0 Å². The molecule has 2 rings (SSSR count). The van der Waals surface area contributed by atoms with Crippen molar-refractivity contribution >= 4 is 5.69 Å². The molecule has 1 fully saturated rings. The van der Waals surface area contributed by atoms with Crippen LogP contribution in [0.4, 0.5) is 5.69 Å². The van der Waals surface area contributed by atoms with Crippen LogP contribution < -0.4 is 4.90 Å². The Morgan fingerprint density at radius 2 is 2.00 bits per heavy atom. The zero-order valence-corrected chi connectivity index (χ0v) is 13.0. The highest BCUT2D eigenvalue weighted by molar-refractivity contribution is 5.49. The second-order valence-electron chi connectivity index (χ2n) is 5.78. The standard InChI is InChI=1S/C15H26N4O2/c1-12(2)15-16-10-14(13(11-21)17-15)19-5-3-4-18(6-7-19)8-9-20/h10,12,20-21H,3-9,11H2,1-2H3. The second kappa shape index (κ2) is 7.68. The maximum atomic E-state index is 9.60. The summed E-state index contributed by atoms with van der Waals surface area (Å²) < 4.78 is 0. The number of nitrogens with zero attached hydrogens (tertiary/aromatic N) is 4. The molecule has 1 aliphatic heterocycles. The van der Waals surface area contributed by atoms with E-state index < -0.39 is 0 Å². The van der Waals surface area contributed by atoms with Crippen LogP contribution in [0.3, 0.4) is 0 Å². The smallest absolute Gasteiger partial charge is 0.131 e. The lowest BCUT2D eigenvalue weighted by Crippen LogP contribution is -2.33. The van der Waals surface area contributed by atoms with Crippen LogP contribution in [0.15, 0.2) is 6.20 Å². The number of β-amino-alcohol motifs (C(OH)–C–C–N with tert-alkyl or cyclic N) is 1. The summed E-state index contributed by atoms with van der Waals surface area (Å²) in [5.41, 5.74) is 1.65. The van der Waals surface area contributed by atoms with Gasteiger partial charge in [0.1, 0.15) is 5.82 Å². The summed E-state index contributed by atoms with van der Waals surface area (Å²) in [5.74, 6) is 1.04. The molecule has 0 aromatic carbocycles. The minimum atomic E-state index is -0.0611. The molecule has 0 amide bonds. The summed E-state index contributed by atoms with van der Waals surface area (Å²) in [4.78, 5) is 13.4. The van der Waals surface area contributed by atoms with E-state index in [1.807, 2.05) is 6.20 Å². The van der Waals surface area contributed by atoms with Crippen LogP contribution in [-0.2, 0) is 6.61 Å². The van der Waals surface area contributed by atoms with Gasteiger partial charge in [0.2, 0.25) is 0 Å². The van der Waals surface area contributed by atoms with Crippen LogP contribution in [0.1, 0.15) is 37.7 Å². The molecule has 0 atom stereocenters. The highest BCUT2D eigenvalue weighted by Gasteiger charge is 2.19. The van der Waals surface area contributed by atoms with Crippen molar-refractivity contribution in [3.8, 4) is 0 Å². The number of hydrogen-bond donors (Lipinski definition) is 2. The SMILES string of the molecule is CC(C)c1ncc(N2CCCN(CCO)CC2)c(CO)n1. The Morgan fingerprint density at radius 3 is 2.67 bits per heavy atom. The van der Waals surface area contributed by atoms with Crippen molar-refractivity contribution in [1.82, 2.24) is 14.9 Å². The van der Waals surface area contributed by atoms with Crippen molar-refractivity contribution in [3.63, 3.8) is 0 Å². The Bertz CT molecular complexity index is 453. The minimum Gasteiger partial charge on any atom is -0.395 e. The van der Waals surface area contributed by atoms with E-state index in [0.29, 0.717) is 5.69 Å². The molecule has 2 N–H and O–H groups in total. The van der Waals surface area contributed by atoms with Crippen molar-refractivity contribution in [3.05, 3.63) is 17.7 Å². The predicted octanol–water partition coefficient (Wildman–Crippen LogP) is 0.597. The maximum Gasteiger partial charge on any atom is 0.131 e. The average molecular weight is 294 g/mol. The van der Waals surface area contributed by atoms with E-state index >= 15 is 0 Å². The lowest BCUT2D eigenvalue weighted by molar-refractivity contribution is 0.204. The minimum absolute atomic E-state index is 0.0611. The fraction of sp³-hybridized carbons (Fsp3) is 0.733. The summed E-state index contributed by atoms with van der Waals surface area (Å²) in [6, 6.07) is 0. The van der Waals surface area contributed by atoms with Crippen LogP contribution >= 0.6 is 0 Å². The molecule has 1 aromatic rings. The zero-order chi connectivity index (χ0) is 15.2. The molecule has 0 saturated carbocycles. The van der Waals surface area contributed by atoms with Crippen molar-refractivity contribution in [2.24, 2.45) is 0 Å². The number of aromatic nitrogens is 2. The van der Waals surface area contributed by atoms with Gasteiger partial charge in [0.05, 0.1) is 30.8 Å². The predicted molar refractivity (Wildman–Crippen MR) is 82.4 cm³/mol. The molecule has 2 heterocycles. The molecule has 0 spiro atoms. The molecule has 6 nitrogen and oxygen atoms in total. The first-order valence-corrected chi connectivity index (χ1v) is 7.70. The van der Waals surface area contributed by atoms with Crippen molar-refractivity contribution in [2.45, 2.75) is 32.8 Å². The summed E-state index contributed by atoms with van der Waals surface area (Å²) in [6.07, 6.45) is 2.88. The first-order valence-electron chi connectivity index (χ1n) is 7.70. The van der Waals surface area contributed by atoms with E-state index in [2.05, 4.69) is 33.6 Å².